The Kier molecular flexibility index (Phi) is 3.48. The van der Waals surface area contributed by atoms with Gasteiger partial charge in [-0.15, -0.1) is 0 Å². The van der Waals surface area contributed by atoms with Crippen LogP contribution in [0.3, 0.4) is 0 Å². The molecule has 0 aliphatic carbocycles. The Labute approximate surface area is 89.0 Å². The van der Waals surface area contributed by atoms with Gasteiger partial charge in [-0.05, 0) is 5.56 Å². The Balaban J connectivity index is 1.60. The van der Waals surface area contributed by atoms with Crippen LogP contribution in [0.1, 0.15) is 12.0 Å². The first-order chi connectivity index (χ1) is 7.36. The maximum absolute atomic E-state index is 11.2. The van der Waals surface area contributed by atoms with E-state index in [1.165, 1.54) is 0 Å². The van der Waals surface area contributed by atoms with Gasteiger partial charge in [0.1, 0.15) is 6.10 Å². The highest BCUT2D eigenvalue weighted by Gasteiger charge is 2.30. The molecule has 0 spiro atoms. The number of ketones is 1. The van der Waals surface area contributed by atoms with Crippen LogP contribution in [0.4, 0.5) is 0 Å². The summed E-state index contributed by atoms with van der Waals surface area (Å²) in [6.45, 7) is 1.64. The van der Waals surface area contributed by atoms with E-state index >= 15 is 0 Å². The van der Waals surface area contributed by atoms with E-state index in [1.54, 1.807) is 0 Å². The molecule has 1 aromatic rings. The van der Waals surface area contributed by atoms with Crippen LogP contribution in [0.25, 0.3) is 0 Å². The zero-order valence-corrected chi connectivity index (χ0v) is 8.52. The van der Waals surface area contributed by atoms with Gasteiger partial charge in [-0.1, -0.05) is 30.3 Å². The van der Waals surface area contributed by atoms with E-state index in [4.69, 9.17) is 9.47 Å². The molecule has 1 atom stereocenters. The van der Waals surface area contributed by atoms with Crippen LogP contribution in [0.15, 0.2) is 30.3 Å². The van der Waals surface area contributed by atoms with E-state index in [-0.39, 0.29) is 11.9 Å². The first-order valence-corrected chi connectivity index (χ1v) is 5.12. The second kappa shape index (κ2) is 5.05. The summed E-state index contributed by atoms with van der Waals surface area (Å²) in [5.41, 5.74) is 1.13. The number of hydrogen-bond acceptors (Lipinski definition) is 3. The fourth-order valence-electron chi connectivity index (χ4n) is 1.33. The van der Waals surface area contributed by atoms with Gasteiger partial charge >= 0.3 is 0 Å². The third-order valence-corrected chi connectivity index (χ3v) is 2.30. The van der Waals surface area contributed by atoms with Crippen molar-refractivity contribution in [3.8, 4) is 0 Å². The van der Waals surface area contributed by atoms with Crippen LogP contribution in [0.2, 0.25) is 0 Å². The molecule has 0 amide bonds. The van der Waals surface area contributed by atoms with Gasteiger partial charge in [-0.25, -0.2) is 0 Å². The van der Waals surface area contributed by atoms with Gasteiger partial charge in [0.2, 0.25) is 0 Å². The van der Waals surface area contributed by atoms with Crippen LogP contribution in [-0.2, 0) is 20.9 Å². The van der Waals surface area contributed by atoms with Crippen molar-refractivity contribution in [2.75, 3.05) is 13.2 Å². The van der Waals surface area contributed by atoms with Crippen molar-refractivity contribution in [2.45, 2.75) is 19.1 Å². The van der Waals surface area contributed by atoms with Crippen LogP contribution >= 0.6 is 0 Å². The van der Waals surface area contributed by atoms with E-state index in [2.05, 4.69) is 0 Å². The van der Waals surface area contributed by atoms with Crippen molar-refractivity contribution in [1.82, 2.24) is 0 Å². The summed E-state index contributed by atoms with van der Waals surface area (Å²) in [6, 6.07) is 9.93. The largest absolute Gasteiger partial charge is 0.376 e. The lowest BCUT2D eigenvalue weighted by Gasteiger charge is -2.02. The molecule has 1 unspecified atom stereocenters. The van der Waals surface area contributed by atoms with Gasteiger partial charge in [-0.3, -0.25) is 4.79 Å². The molecule has 0 N–H and O–H groups in total. The van der Waals surface area contributed by atoms with Gasteiger partial charge < -0.3 is 9.47 Å². The number of ether oxygens (including phenoxy) is 2. The Bertz CT molecular complexity index is 317. The summed E-state index contributed by atoms with van der Waals surface area (Å²) in [7, 11) is 0. The Hall–Kier alpha value is -1.19. The highest BCUT2D eigenvalue weighted by atomic mass is 16.6. The Morgan fingerprint density at radius 3 is 2.80 bits per heavy atom. The third kappa shape index (κ3) is 3.46. The van der Waals surface area contributed by atoms with Gasteiger partial charge in [0.25, 0.3) is 0 Å². The van der Waals surface area contributed by atoms with E-state index in [0.29, 0.717) is 26.2 Å². The number of rotatable bonds is 6. The van der Waals surface area contributed by atoms with Crippen LogP contribution in [0, 0.1) is 0 Å². The highest BCUT2D eigenvalue weighted by Crippen LogP contribution is 2.12. The van der Waals surface area contributed by atoms with Crippen molar-refractivity contribution in [3.05, 3.63) is 35.9 Å². The number of hydrogen-bond donors (Lipinski definition) is 0. The lowest BCUT2D eigenvalue weighted by Crippen LogP contribution is -2.10. The zero-order valence-electron chi connectivity index (χ0n) is 8.52. The summed E-state index contributed by atoms with van der Waals surface area (Å²) in [4.78, 5) is 11.2. The highest BCUT2D eigenvalue weighted by molar-refractivity contribution is 5.85. The molecule has 3 nitrogen and oxygen atoms in total. The van der Waals surface area contributed by atoms with Crippen molar-refractivity contribution < 1.29 is 14.3 Å². The minimum absolute atomic E-state index is 0.134. The predicted octanol–water partition coefficient (Wildman–Crippen LogP) is 1.56. The number of benzene rings is 1. The maximum Gasteiger partial charge on any atom is 0.166 e. The molecule has 80 valence electrons. The summed E-state index contributed by atoms with van der Waals surface area (Å²) < 4.78 is 10.3. The minimum atomic E-state index is -0.134. The zero-order chi connectivity index (χ0) is 10.5. The smallest absolute Gasteiger partial charge is 0.166 e. The molecule has 3 heteroatoms. The first kappa shape index (κ1) is 10.3. The molecule has 1 saturated heterocycles. The Morgan fingerprint density at radius 2 is 2.13 bits per heavy atom. The third-order valence-electron chi connectivity index (χ3n) is 2.30. The SMILES string of the molecule is O=C(CCOCc1ccccc1)C1CO1. The van der Waals surface area contributed by atoms with Crippen molar-refractivity contribution in [2.24, 2.45) is 0 Å². The fraction of sp³-hybridized carbons (Fsp3) is 0.417. The molecular weight excluding hydrogens is 192 g/mol. The molecule has 1 heterocycles. The molecule has 0 radical (unpaired) electrons. The molecule has 1 aliphatic rings. The van der Waals surface area contributed by atoms with Crippen molar-refractivity contribution in [1.29, 1.82) is 0 Å². The summed E-state index contributed by atoms with van der Waals surface area (Å²) >= 11 is 0. The standard InChI is InChI=1S/C12H14O3/c13-11(12-9-15-12)6-7-14-8-10-4-2-1-3-5-10/h1-5,12H,6-9H2. The molecule has 2 rings (SSSR count). The summed E-state index contributed by atoms with van der Waals surface area (Å²) in [6.07, 6.45) is 0.322. The molecule has 0 saturated carbocycles. The number of epoxide rings is 1. The average Bonchev–Trinajstić information content (AvgIpc) is 3.09. The van der Waals surface area contributed by atoms with Gasteiger partial charge in [0.15, 0.2) is 5.78 Å². The van der Waals surface area contributed by atoms with E-state index in [1.807, 2.05) is 30.3 Å². The van der Waals surface area contributed by atoms with Gasteiger partial charge in [-0.2, -0.15) is 0 Å². The molecule has 0 aromatic heterocycles. The van der Waals surface area contributed by atoms with Gasteiger partial charge in [0.05, 0.1) is 19.8 Å². The molecule has 1 fully saturated rings. The van der Waals surface area contributed by atoms with Crippen LogP contribution < -0.4 is 0 Å². The maximum atomic E-state index is 11.2. The molecular formula is C12H14O3. The number of carbonyl (C=O) groups excluding carboxylic acids is 1. The number of Topliss-reactive ketones (excluding diaryl/α,β-unsaturated/α-hetero) is 1. The predicted molar refractivity (Wildman–Crippen MR) is 55.5 cm³/mol. The van der Waals surface area contributed by atoms with Crippen molar-refractivity contribution in [3.63, 3.8) is 0 Å². The monoisotopic (exact) mass is 206 g/mol. The summed E-state index contributed by atoms with van der Waals surface area (Å²) in [5, 5.41) is 0. The van der Waals surface area contributed by atoms with E-state index < -0.39 is 0 Å². The van der Waals surface area contributed by atoms with Crippen LogP contribution in [-0.4, -0.2) is 25.1 Å². The lowest BCUT2D eigenvalue weighted by atomic mass is 10.2. The van der Waals surface area contributed by atoms with Crippen molar-refractivity contribution >= 4 is 5.78 Å². The van der Waals surface area contributed by atoms with Gasteiger partial charge in [0, 0.05) is 6.42 Å². The second-order valence-electron chi connectivity index (χ2n) is 3.58. The second-order valence-corrected chi connectivity index (χ2v) is 3.58. The molecule has 1 aliphatic heterocycles. The average molecular weight is 206 g/mol. The molecule has 15 heavy (non-hydrogen) atoms. The fourth-order valence-corrected chi connectivity index (χ4v) is 1.33. The van der Waals surface area contributed by atoms with E-state index in [0.717, 1.165) is 5.56 Å². The summed E-state index contributed by atoms with van der Waals surface area (Å²) in [5.74, 6) is 0.156. The quantitative estimate of drug-likeness (QED) is 0.523. The van der Waals surface area contributed by atoms with E-state index in [9.17, 15) is 4.79 Å². The van der Waals surface area contributed by atoms with Crippen LogP contribution in [0.5, 0.6) is 0 Å². The first-order valence-electron chi connectivity index (χ1n) is 5.12. The Morgan fingerprint density at radius 1 is 1.40 bits per heavy atom. The lowest BCUT2D eigenvalue weighted by molar-refractivity contribution is -0.121. The molecule has 1 aromatic carbocycles. The topological polar surface area (TPSA) is 38.8 Å². The minimum Gasteiger partial charge on any atom is -0.376 e. The normalized spacial score (nSPS) is 18.8. The molecule has 0 bridgehead atoms. The number of carbonyl (C=O) groups is 1.